The first-order chi connectivity index (χ1) is 9.13. The maximum absolute atomic E-state index is 9.96. The number of aliphatic hydroxyl groups excluding tert-OH is 3. The summed E-state index contributed by atoms with van der Waals surface area (Å²) in [6, 6.07) is 0. The van der Waals surface area contributed by atoms with E-state index in [0.717, 1.165) is 0 Å². The lowest BCUT2D eigenvalue weighted by atomic mass is 10.1. The quantitative estimate of drug-likeness (QED) is 0.488. The highest BCUT2D eigenvalue weighted by atomic mass is 16.6. The molecule has 0 amide bonds. The fourth-order valence-corrected chi connectivity index (χ4v) is 2.17. The van der Waals surface area contributed by atoms with Crippen LogP contribution in [0.25, 0.3) is 11.5 Å². The summed E-state index contributed by atoms with van der Waals surface area (Å²) in [4.78, 5) is 11.9. The largest absolute Gasteiger partial charge is 0.394 e. The monoisotopic (exact) mass is 267 g/mol. The number of hydrogen-bond acceptors (Lipinski definition) is 8. The molecule has 3 aliphatic rings. The van der Waals surface area contributed by atoms with Crippen LogP contribution in [0.1, 0.15) is 6.23 Å². The fraction of sp³-hybridized carbons (Fsp3) is 0.500. The second-order valence-corrected chi connectivity index (χ2v) is 4.31. The van der Waals surface area contributed by atoms with Gasteiger partial charge in [0.2, 0.25) is 0 Å². The Bertz CT molecular complexity index is 561. The molecule has 9 nitrogen and oxygen atoms in total. The van der Waals surface area contributed by atoms with Crippen molar-refractivity contribution in [2.75, 3.05) is 12.3 Å². The van der Waals surface area contributed by atoms with Crippen molar-refractivity contribution >= 4 is 5.82 Å². The normalized spacial score (nSPS) is 31.1. The van der Waals surface area contributed by atoms with Gasteiger partial charge >= 0.3 is 0 Å². The lowest BCUT2D eigenvalue weighted by molar-refractivity contribution is -0.0529. The van der Waals surface area contributed by atoms with Crippen molar-refractivity contribution in [3.8, 4) is 11.5 Å². The summed E-state index contributed by atoms with van der Waals surface area (Å²) in [6.45, 7) is -0.395. The van der Waals surface area contributed by atoms with Gasteiger partial charge in [-0.05, 0) is 0 Å². The zero-order valence-electron chi connectivity index (χ0n) is 9.79. The third-order valence-corrected chi connectivity index (χ3v) is 3.18. The summed E-state index contributed by atoms with van der Waals surface area (Å²) in [5.74, 6) is 0.609. The van der Waals surface area contributed by atoms with Crippen LogP contribution in [0, 0.1) is 0 Å². The van der Waals surface area contributed by atoms with Gasteiger partial charge in [0.05, 0.1) is 6.61 Å². The highest BCUT2D eigenvalue weighted by Crippen LogP contribution is 2.33. The molecule has 0 spiro atoms. The van der Waals surface area contributed by atoms with E-state index in [2.05, 4.69) is 15.0 Å². The van der Waals surface area contributed by atoms with Crippen LogP contribution in [0.15, 0.2) is 12.7 Å². The number of ether oxygens (including phenoxy) is 1. The number of aromatic nitrogens is 4. The highest BCUT2D eigenvalue weighted by molar-refractivity contribution is 5.64. The summed E-state index contributed by atoms with van der Waals surface area (Å²) < 4.78 is 6.84. The number of nitrogens with zero attached hydrogens (tertiary/aromatic N) is 4. The van der Waals surface area contributed by atoms with Crippen LogP contribution in [-0.2, 0) is 4.74 Å². The predicted molar refractivity (Wildman–Crippen MR) is 61.9 cm³/mol. The molecule has 102 valence electrons. The Morgan fingerprint density at radius 1 is 1.26 bits per heavy atom. The van der Waals surface area contributed by atoms with E-state index in [4.69, 9.17) is 15.6 Å². The number of nitrogen functional groups attached to an aromatic ring is 1. The molecular formula is C10H13N5O4. The van der Waals surface area contributed by atoms with E-state index in [1.807, 2.05) is 0 Å². The Labute approximate surface area is 107 Å². The van der Waals surface area contributed by atoms with Crippen LogP contribution in [0.4, 0.5) is 5.82 Å². The average molecular weight is 267 g/mol. The number of fused-ring (bicyclic) bond motifs is 1. The minimum atomic E-state index is -1.20. The van der Waals surface area contributed by atoms with Crippen LogP contribution in [0.3, 0.4) is 0 Å². The van der Waals surface area contributed by atoms with E-state index < -0.39 is 31.1 Å². The number of imidazole rings is 1. The summed E-state index contributed by atoms with van der Waals surface area (Å²) in [7, 11) is 0. The first-order valence-corrected chi connectivity index (χ1v) is 5.69. The number of anilines is 1. The molecule has 0 aliphatic carbocycles. The van der Waals surface area contributed by atoms with Gasteiger partial charge in [0.1, 0.15) is 36.7 Å². The van der Waals surface area contributed by atoms with Gasteiger partial charge in [0, 0.05) is 0 Å². The molecule has 0 aromatic heterocycles. The van der Waals surface area contributed by atoms with Crippen molar-refractivity contribution in [3.63, 3.8) is 0 Å². The molecule has 0 saturated carbocycles. The minimum absolute atomic E-state index is 0.218. The van der Waals surface area contributed by atoms with Crippen LogP contribution < -0.4 is 5.73 Å². The molecule has 1 saturated heterocycles. The predicted octanol–water partition coefficient (Wildman–Crippen LogP) is -2.03. The number of hydrogen-bond donors (Lipinski definition) is 4. The number of aliphatic hydroxyl groups is 3. The molecule has 4 unspecified atom stereocenters. The van der Waals surface area contributed by atoms with Crippen molar-refractivity contribution in [2.24, 2.45) is 0 Å². The Hall–Kier alpha value is -1.81. The lowest BCUT2D eigenvalue weighted by Gasteiger charge is -2.20. The van der Waals surface area contributed by atoms with Gasteiger partial charge < -0.3 is 25.8 Å². The van der Waals surface area contributed by atoms with E-state index in [1.54, 1.807) is 0 Å². The minimum Gasteiger partial charge on any atom is -0.394 e. The second-order valence-electron chi connectivity index (χ2n) is 4.31. The Morgan fingerprint density at radius 3 is 2.74 bits per heavy atom. The number of rotatable bonds is 2. The van der Waals surface area contributed by atoms with Gasteiger partial charge in [0.25, 0.3) is 0 Å². The smallest absolute Gasteiger partial charge is 0.167 e. The van der Waals surface area contributed by atoms with E-state index in [0.29, 0.717) is 11.5 Å². The lowest BCUT2D eigenvalue weighted by Crippen LogP contribution is -2.33. The van der Waals surface area contributed by atoms with E-state index in [-0.39, 0.29) is 5.82 Å². The molecule has 1 fully saturated rings. The van der Waals surface area contributed by atoms with Gasteiger partial charge in [-0.2, -0.15) is 0 Å². The summed E-state index contributed by atoms with van der Waals surface area (Å²) in [6.07, 6.45) is -1.47. The van der Waals surface area contributed by atoms with Crippen molar-refractivity contribution in [3.05, 3.63) is 12.7 Å². The van der Waals surface area contributed by atoms with Gasteiger partial charge in [0.15, 0.2) is 17.9 Å². The first kappa shape index (κ1) is 12.2. The number of nitrogens with two attached hydrogens (primary N) is 1. The second kappa shape index (κ2) is 4.38. The zero-order valence-corrected chi connectivity index (χ0v) is 9.79. The third kappa shape index (κ3) is 1.75. The molecule has 3 rings (SSSR count). The van der Waals surface area contributed by atoms with Crippen molar-refractivity contribution in [2.45, 2.75) is 24.5 Å². The van der Waals surface area contributed by atoms with E-state index in [1.165, 1.54) is 17.2 Å². The molecular weight excluding hydrogens is 254 g/mol. The molecule has 3 aliphatic heterocycles. The molecule has 19 heavy (non-hydrogen) atoms. The van der Waals surface area contributed by atoms with Gasteiger partial charge in [-0.3, -0.25) is 4.57 Å². The van der Waals surface area contributed by atoms with E-state index >= 15 is 0 Å². The standard InChI is InChI=1S/C10H13N5O4/c11-8-5-9(13-2-12-5)15(3-14-8)10-7(18)6(17)4(1-16)19-10/h2-4,6-7,10,16-18H,1,11H2. The molecule has 0 bridgehead atoms. The van der Waals surface area contributed by atoms with E-state index in [9.17, 15) is 10.2 Å². The van der Waals surface area contributed by atoms with Crippen LogP contribution in [-0.4, -0.2) is 59.8 Å². The van der Waals surface area contributed by atoms with Crippen molar-refractivity contribution in [1.29, 1.82) is 0 Å². The zero-order chi connectivity index (χ0) is 13.6. The van der Waals surface area contributed by atoms with Gasteiger partial charge in [-0.25, -0.2) is 15.0 Å². The SMILES string of the molecule is Nc1ncn(C2OC(CO)C(O)C2O)c2ncnc1-2. The van der Waals surface area contributed by atoms with Gasteiger partial charge in [-0.1, -0.05) is 0 Å². The summed E-state index contributed by atoms with van der Waals surface area (Å²) >= 11 is 0. The third-order valence-electron chi connectivity index (χ3n) is 3.18. The maximum Gasteiger partial charge on any atom is 0.167 e. The molecule has 0 aromatic carbocycles. The average Bonchev–Trinajstić information content (AvgIpc) is 2.99. The summed E-state index contributed by atoms with van der Waals surface area (Å²) in [5, 5.41) is 28.8. The topological polar surface area (TPSA) is 140 Å². The van der Waals surface area contributed by atoms with Crippen LogP contribution in [0.5, 0.6) is 0 Å². The molecule has 5 N–H and O–H groups in total. The highest BCUT2D eigenvalue weighted by Gasteiger charge is 2.44. The van der Waals surface area contributed by atoms with Crippen molar-refractivity contribution in [1.82, 2.24) is 19.5 Å². The Kier molecular flexibility index (Phi) is 2.82. The van der Waals surface area contributed by atoms with Crippen LogP contribution in [0.2, 0.25) is 0 Å². The molecule has 0 radical (unpaired) electrons. The maximum atomic E-state index is 9.96. The molecule has 3 heterocycles. The molecule has 4 atom stereocenters. The molecule has 0 aromatic rings. The first-order valence-electron chi connectivity index (χ1n) is 5.69. The van der Waals surface area contributed by atoms with Crippen molar-refractivity contribution < 1.29 is 20.1 Å². The fourth-order valence-electron chi connectivity index (χ4n) is 2.17. The summed E-state index contributed by atoms with van der Waals surface area (Å²) in [5.41, 5.74) is 6.05. The van der Waals surface area contributed by atoms with Crippen LogP contribution >= 0.6 is 0 Å². The Morgan fingerprint density at radius 2 is 2.05 bits per heavy atom. The van der Waals surface area contributed by atoms with Gasteiger partial charge in [-0.15, -0.1) is 0 Å². The Balaban J connectivity index is 2.02. The molecule has 9 heteroatoms.